The number of likely N-dealkylation sites (N-methyl/N-ethyl adjacent to an activating group) is 1. The number of ether oxygens (including phenoxy) is 3. The van der Waals surface area contributed by atoms with Gasteiger partial charge in [-0.2, -0.15) is 4.39 Å². The molecule has 2 N–H and O–H groups in total. The van der Waals surface area contributed by atoms with Crippen molar-refractivity contribution in [1.82, 2.24) is 19.7 Å². The number of benzene rings is 2. The number of rotatable bonds is 16. The lowest BCUT2D eigenvalue weighted by atomic mass is 10.0. The van der Waals surface area contributed by atoms with E-state index in [1.807, 2.05) is 61.6 Å². The zero-order valence-corrected chi connectivity index (χ0v) is 32.8. The van der Waals surface area contributed by atoms with Gasteiger partial charge in [0.15, 0.2) is 36.1 Å². The molecule has 0 spiro atoms. The third-order valence-electron chi connectivity index (χ3n) is 8.49. The topological polar surface area (TPSA) is 133 Å². The molecular weight excluding hydrogens is 698 g/mol. The number of fused-ring (bicyclic) bond motifs is 1. The van der Waals surface area contributed by atoms with Gasteiger partial charge in [0.1, 0.15) is 11.2 Å². The number of esters is 2. The van der Waals surface area contributed by atoms with Crippen LogP contribution in [0.1, 0.15) is 83.7 Å². The molecule has 2 heterocycles. The number of amides is 1. The van der Waals surface area contributed by atoms with Crippen molar-refractivity contribution >= 4 is 35.0 Å². The van der Waals surface area contributed by atoms with Crippen molar-refractivity contribution in [2.45, 2.75) is 85.4 Å². The van der Waals surface area contributed by atoms with E-state index in [1.165, 1.54) is 31.6 Å². The van der Waals surface area contributed by atoms with Crippen LogP contribution < -0.4 is 15.4 Å². The molecule has 4 rings (SSSR count). The predicted molar refractivity (Wildman–Crippen MR) is 203 cm³/mol. The number of unbranched alkanes of at least 4 members (excludes halogenated alkanes) is 2. The van der Waals surface area contributed by atoms with E-state index in [2.05, 4.69) is 20.6 Å². The van der Waals surface area contributed by atoms with Gasteiger partial charge >= 0.3 is 11.9 Å². The number of hydrogen-bond acceptors (Lipinski definition) is 9. The molecule has 0 unspecified atom stereocenters. The summed E-state index contributed by atoms with van der Waals surface area (Å²) in [5.41, 5.74) is 1.53. The van der Waals surface area contributed by atoms with Crippen LogP contribution in [-0.4, -0.2) is 88.2 Å². The van der Waals surface area contributed by atoms with Crippen molar-refractivity contribution < 1.29 is 41.9 Å². The van der Waals surface area contributed by atoms with Crippen molar-refractivity contribution in [2.24, 2.45) is 0 Å². The number of nitrogens with zero attached hydrogens (tertiary/aromatic N) is 4. The van der Waals surface area contributed by atoms with Crippen molar-refractivity contribution in [1.29, 1.82) is 0 Å². The minimum Gasteiger partial charge on any atom is -0.494 e. The molecule has 0 fully saturated rings. The van der Waals surface area contributed by atoms with E-state index in [1.54, 1.807) is 22.7 Å². The number of imidazole rings is 1. The highest BCUT2D eigenvalue weighted by molar-refractivity contribution is 5.96. The summed E-state index contributed by atoms with van der Waals surface area (Å²) in [4.78, 5) is 47.5. The first-order chi connectivity index (χ1) is 25.3. The minimum absolute atomic E-state index is 0.0237. The molecule has 1 amide bonds. The third kappa shape index (κ3) is 11.2. The van der Waals surface area contributed by atoms with E-state index in [4.69, 9.17) is 14.2 Å². The van der Waals surface area contributed by atoms with Gasteiger partial charge in [-0.15, -0.1) is 0 Å². The molecule has 2 aromatic heterocycles. The molecule has 0 radical (unpaired) electrons. The van der Waals surface area contributed by atoms with Gasteiger partial charge in [0.05, 0.1) is 32.6 Å². The summed E-state index contributed by atoms with van der Waals surface area (Å²) in [6.45, 7) is 13.9. The first-order valence-electron chi connectivity index (χ1n) is 18.1. The Labute approximate surface area is 315 Å². The summed E-state index contributed by atoms with van der Waals surface area (Å²) < 4.78 is 47.1. The SMILES string of the molecule is CCc1cc(Nc2nccn3c(-c4ccc(OC)c(F)c4F)cnc23)ccc1C(=O)NCCCCC[N+](C)(CC(=O)OC(C)(C)C)CC(=O)OC(C)(C)C. The van der Waals surface area contributed by atoms with Crippen LogP contribution in [-0.2, 0) is 25.5 Å². The second kappa shape index (κ2) is 17.4. The van der Waals surface area contributed by atoms with Gasteiger partial charge < -0.3 is 29.3 Å². The lowest BCUT2D eigenvalue weighted by molar-refractivity contribution is -0.895. The maximum absolute atomic E-state index is 14.9. The number of hydrogen-bond donors (Lipinski definition) is 2. The molecule has 0 saturated heterocycles. The Bertz CT molecular complexity index is 1940. The quantitative estimate of drug-likeness (QED) is 0.0704. The highest BCUT2D eigenvalue weighted by atomic mass is 19.2. The summed E-state index contributed by atoms with van der Waals surface area (Å²) in [5.74, 6) is -2.88. The first kappa shape index (κ1) is 41.6. The highest BCUT2D eigenvalue weighted by Crippen LogP contribution is 2.32. The predicted octanol–water partition coefficient (Wildman–Crippen LogP) is 7.02. The number of anilines is 2. The molecular formula is C40H53F2N6O6+. The van der Waals surface area contributed by atoms with Crippen LogP contribution >= 0.6 is 0 Å². The monoisotopic (exact) mass is 751 g/mol. The van der Waals surface area contributed by atoms with Gasteiger partial charge in [-0.1, -0.05) is 6.92 Å². The first-order valence-corrected chi connectivity index (χ1v) is 18.1. The number of aryl methyl sites for hydroxylation is 1. The molecule has 0 bridgehead atoms. The fraction of sp³-hybridized carbons (Fsp3) is 0.475. The van der Waals surface area contributed by atoms with Crippen LogP contribution in [0.5, 0.6) is 5.75 Å². The molecule has 0 saturated carbocycles. The lowest BCUT2D eigenvalue weighted by Crippen LogP contribution is -2.53. The molecule has 4 aromatic rings. The van der Waals surface area contributed by atoms with Crippen molar-refractivity contribution in [2.75, 3.05) is 45.7 Å². The zero-order chi connectivity index (χ0) is 39.8. The maximum Gasteiger partial charge on any atom is 0.362 e. The van der Waals surface area contributed by atoms with E-state index >= 15 is 0 Å². The Morgan fingerprint density at radius 3 is 2.17 bits per heavy atom. The molecule has 0 aliphatic carbocycles. The molecule has 292 valence electrons. The number of methoxy groups -OCH3 is 1. The van der Waals surface area contributed by atoms with E-state index in [0.29, 0.717) is 54.3 Å². The summed E-state index contributed by atoms with van der Waals surface area (Å²) in [6, 6.07) is 8.19. The molecule has 2 aromatic carbocycles. The molecule has 54 heavy (non-hydrogen) atoms. The molecule has 0 aliphatic heterocycles. The van der Waals surface area contributed by atoms with Crippen LogP contribution in [0.25, 0.3) is 16.9 Å². The highest BCUT2D eigenvalue weighted by Gasteiger charge is 2.33. The smallest absolute Gasteiger partial charge is 0.362 e. The van der Waals surface area contributed by atoms with Gasteiger partial charge in [0.2, 0.25) is 5.82 Å². The van der Waals surface area contributed by atoms with Gasteiger partial charge in [-0.3, -0.25) is 9.20 Å². The lowest BCUT2D eigenvalue weighted by Gasteiger charge is -2.34. The Kier molecular flexibility index (Phi) is 13.4. The average Bonchev–Trinajstić information content (AvgIpc) is 3.50. The van der Waals surface area contributed by atoms with Crippen molar-refractivity contribution in [3.63, 3.8) is 0 Å². The normalized spacial score (nSPS) is 12.1. The number of aromatic nitrogens is 3. The van der Waals surface area contributed by atoms with Crippen LogP contribution in [0.15, 0.2) is 48.9 Å². The van der Waals surface area contributed by atoms with Crippen molar-refractivity contribution in [3.8, 4) is 17.0 Å². The van der Waals surface area contributed by atoms with Gasteiger partial charge in [0.25, 0.3) is 5.91 Å². The number of halogens is 2. The van der Waals surface area contributed by atoms with E-state index in [0.717, 1.165) is 18.4 Å². The Morgan fingerprint density at radius 1 is 0.889 bits per heavy atom. The molecule has 12 nitrogen and oxygen atoms in total. The standard InChI is InChI=1S/C40H52F2N6O6/c1-10-26-22-27(46-36-37-45-23-30(47(37)20-19-43-36)29-16-17-31(52-9)35(42)34(29)41)14-15-28(26)38(51)44-18-12-11-13-21-48(8,24-32(49)53-39(2,3)4)25-33(50)54-40(5,6)7/h14-17,19-20,22-23H,10-13,18,21,24-25H2,1-9H3,(H-,43,44,46,51)/p+1. The van der Waals surface area contributed by atoms with Gasteiger partial charge in [-0.25, -0.2) is 23.9 Å². The fourth-order valence-corrected chi connectivity index (χ4v) is 6.09. The minimum atomic E-state index is -1.08. The van der Waals surface area contributed by atoms with Gasteiger partial charge in [-0.05, 0) is 103 Å². The third-order valence-corrected chi connectivity index (χ3v) is 8.49. The summed E-state index contributed by atoms with van der Waals surface area (Å²) in [7, 11) is 3.13. The fourth-order valence-electron chi connectivity index (χ4n) is 6.09. The van der Waals surface area contributed by atoms with Crippen LogP contribution in [0.4, 0.5) is 20.3 Å². The van der Waals surface area contributed by atoms with E-state index in [9.17, 15) is 23.2 Å². The molecule has 14 heteroatoms. The van der Waals surface area contributed by atoms with E-state index < -0.39 is 22.8 Å². The second-order valence-electron chi connectivity index (χ2n) is 15.6. The summed E-state index contributed by atoms with van der Waals surface area (Å²) in [5, 5.41) is 6.26. The van der Waals surface area contributed by atoms with Crippen LogP contribution in [0.2, 0.25) is 0 Å². The zero-order valence-electron chi connectivity index (χ0n) is 32.8. The molecule has 0 atom stereocenters. The Morgan fingerprint density at radius 2 is 1.56 bits per heavy atom. The summed E-state index contributed by atoms with van der Waals surface area (Å²) in [6.07, 6.45) is 7.39. The maximum atomic E-state index is 14.9. The number of nitrogens with one attached hydrogen (secondary N) is 2. The van der Waals surface area contributed by atoms with Crippen molar-refractivity contribution in [3.05, 3.63) is 71.7 Å². The largest absolute Gasteiger partial charge is 0.494 e. The van der Waals surface area contributed by atoms with E-state index in [-0.39, 0.29) is 46.7 Å². The Hall–Kier alpha value is -5.11. The number of quaternary nitrogens is 1. The molecule has 0 aliphatic rings. The van der Waals surface area contributed by atoms with Crippen LogP contribution in [0, 0.1) is 11.6 Å². The number of carbonyl (C=O) groups is 3. The average molecular weight is 752 g/mol. The van der Waals surface area contributed by atoms with Crippen LogP contribution in [0.3, 0.4) is 0 Å². The number of carbonyl (C=O) groups excluding carboxylic acids is 3. The van der Waals surface area contributed by atoms with Gasteiger partial charge in [0, 0.05) is 35.8 Å². The Balaban J connectivity index is 1.35. The second-order valence-corrected chi connectivity index (χ2v) is 15.6. The summed E-state index contributed by atoms with van der Waals surface area (Å²) >= 11 is 0.